The van der Waals surface area contributed by atoms with Crippen molar-refractivity contribution < 1.29 is 19.5 Å². The first-order valence-corrected chi connectivity index (χ1v) is 11.8. The summed E-state index contributed by atoms with van der Waals surface area (Å²) in [4.78, 5) is 40.0. The smallest absolute Gasteiger partial charge is 0.337 e. The lowest BCUT2D eigenvalue weighted by atomic mass is 9.85. The molecule has 2 aliphatic carbocycles. The standard InChI is InChI=1S/C29H20ClNO4/c30-22-14-11-18(15-21(22)29(34)35)31-27(32)25-19-12-13-20(26(25)28(31)33)24(19)23(16-7-3-1-4-8-16)17-9-5-2-6-10-17/h1-15,19-20,25-26H,(H,34,35)/t19-,20+,25-,26+. The van der Waals surface area contributed by atoms with Crippen LogP contribution in [0, 0.1) is 23.7 Å². The largest absolute Gasteiger partial charge is 0.478 e. The number of amides is 2. The van der Waals surface area contributed by atoms with E-state index < -0.39 is 17.8 Å². The molecule has 3 aromatic carbocycles. The number of benzene rings is 3. The number of nitrogens with zero attached hydrogens (tertiary/aromatic N) is 1. The van der Waals surface area contributed by atoms with Crippen molar-refractivity contribution >= 4 is 40.6 Å². The predicted octanol–water partition coefficient (Wildman–Crippen LogP) is 5.46. The van der Waals surface area contributed by atoms with Gasteiger partial charge in [-0.3, -0.25) is 9.59 Å². The van der Waals surface area contributed by atoms with E-state index in [4.69, 9.17) is 11.6 Å². The number of carbonyl (C=O) groups is 3. The van der Waals surface area contributed by atoms with Crippen molar-refractivity contribution in [1.82, 2.24) is 0 Å². The first-order valence-electron chi connectivity index (χ1n) is 11.4. The normalized spacial score (nSPS) is 24.3. The van der Waals surface area contributed by atoms with Crippen molar-refractivity contribution in [2.24, 2.45) is 23.7 Å². The van der Waals surface area contributed by atoms with E-state index in [2.05, 4.69) is 24.3 Å². The lowest BCUT2D eigenvalue weighted by molar-refractivity contribution is -0.122. The first-order chi connectivity index (χ1) is 17.0. The summed E-state index contributed by atoms with van der Waals surface area (Å²) in [5, 5.41) is 9.50. The molecule has 6 rings (SSSR count). The zero-order chi connectivity index (χ0) is 24.3. The number of halogens is 1. The van der Waals surface area contributed by atoms with E-state index in [1.54, 1.807) is 0 Å². The molecule has 3 aromatic rings. The maximum Gasteiger partial charge on any atom is 0.337 e. The zero-order valence-corrected chi connectivity index (χ0v) is 19.2. The van der Waals surface area contributed by atoms with Gasteiger partial charge in [-0.25, -0.2) is 9.69 Å². The molecule has 6 heteroatoms. The predicted molar refractivity (Wildman–Crippen MR) is 133 cm³/mol. The SMILES string of the molecule is O=C(O)c1cc(N2C(=O)[C@@H]3[C@H](C2=O)[C@@H]2C=C[C@H]3C2=C(c2ccccc2)c2ccccc2)ccc1Cl. The molecule has 35 heavy (non-hydrogen) atoms. The van der Waals surface area contributed by atoms with Crippen LogP contribution >= 0.6 is 11.6 Å². The Kier molecular flexibility index (Phi) is 4.97. The molecule has 2 bridgehead atoms. The molecule has 4 atom stereocenters. The Morgan fingerprint density at radius 3 is 1.77 bits per heavy atom. The number of fused-ring (bicyclic) bond motifs is 5. The number of carbonyl (C=O) groups excluding carboxylic acids is 2. The molecule has 5 nitrogen and oxygen atoms in total. The van der Waals surface area contributed by atoms with Gasteiger partial charge in [-0.1, -0.05) is 84.4 Å². The summed E-state index contributed by atoms with van der Waals surface area (Å²) >= 11 is 6.01. The van der Waals surface area contributed by atoms with Crippen molar-refractivity contribution in [3.8, 4) is 0 Å². The van der Waals surface area contributed by atoms with Crippen molar-refractivity contribution in [3.05, 3.63) is 118 Å². The summed E-state index contributed by atoms with van der Waals surface area (Å²) in [5.74, 6) is -3.24. The highest BCUT2D eigenvalue weighted by Crippen LogP contribution is 2.58. The minimum atomic E-state index is -1.21. The lowest BCUT2D eigenvalue weighted by Gasteiger charge is -2.22. The van der Waals surface area contributed by atoms with Crippen LogP contribution in [0.15, 0.2) is 96.6 Å². The highest BCUT2D eigenvalue weighted by Gasteiger charge is 2.62. The average molecular weight is 482 g/mol. The summed E-state index contributed by atoms with van der Waals surface area (Å²) in [5.41, 5.74) is 4.36. The number of carboxylic acid groups (broad SMARTS) is 1. The molecule has 1 saturated heterocycles. The van der Waals surface area contributed by atoms with Gasteiger partial charge >= 0.3 is 5.97 Å². The van der Waals surface area contributed by atoms with Crippen LogP contribution in [-0.4, -0.2) is 22.9 Å². The van der Waals surface area contributed by atoms with Crippen LogP contribution in [0.2, 0.25) is 5.02 Å². The maximum atomic E-state index is 13.7. The third-order valence-electron chi connectivity index (χ3n) is 7.27. The summed E-state index contributed by atoms with van der Waals surface area (Å²) < 4.78 is 0. The number of allylic oxidation sites excluding steroid dienone is 3. The summed E-state index contributed by atoms with van der Waals surface area (Å²) in [6.07, 6.45) is 4.10. The van der Waals surface area contributed by atoms with Gasteiger partial charge in [-0.2, -0.15) is 0 Å². The Morgan fingerprint density at radius 2 is 1.29 bits per heavy atom. The number of aromatic carboxylic acids is 1. The van der Waals surface area contributed by atoms with E-state index in [0.717, 1.165) is 27.2 Å². The summed E-state index contributed by atoms with van der Waals surface area (Å²) in [7, 11) is 0. The van der Waals surface area contributed by atoms with Gasteiger partial charge in [0.25, 0.3) is 0 Å². The van der Waals surface area contributed by atoms with Crippen LogP contribution in [-0.2, 0) is 9.59 Å². The van der Waals surface area contributed by atoms with Crippen LogP contribution < -0.4 is 4.90 Å². The number of hydrogen-bond donors (Lipinski definition) is 1. The minimum Gasteiger partial charge on any atom is -0.478 e. The number of carboxylic acids is 1. The molecular formula is C29H20ClNO4. The number of anilines is 1. The Hall–Kier alpha value is -3.96. The van der Waals surface area contributed by atoms with Gasteiger partial charge < -0.3 is 5.11 Å². The second-order valence-electron chi connectivity index (χ2n) is 9.03. The van der Waals surface area contributed by atoms with Gasteiger partial charge in [-0.15, -0.1) is 0 Å². The molecule has 1 N–H and O–H groups in total. The van der Waals surface area contributed by atoms with Crippen molar-refractivity contribution in [3.63, 3.8) is 0 Å². The van der Waals surface area contributed by atoms with Crippen molar-refractivity contribution in [1.29, 1.82) is 0 Å². The van der Waals surface area contributed by atoms with Crippen LogP contribution in [0.25, 0.3) is 5.57 Å². The molecule has 0 radical (unpaired) electrons. The first kappa shape index (κ1) is 21.6. The van der Waals surface area contributed by atoms with Gasteiger partial charge in [0.15, 0.2) is 0 Å². The van der Waals surface area contributed by atoms with E-state index in [-0.39, 0.29) is 39.9 Å². The Labute approximate surface area is 207 Å². The fourth-order valence-electron chi connectivity index (χ4n) is 5.88. The molecule has 0 spiro atoms. The minimum absolute atomic E-state index is 0.0582. The zero-order valence-electron chi connectivity index (χ0n) is 18.5. The maximum absolute atomic E-state index is 13.7. The van der Waals surface area contributed by atoms with Crippen LogP contribution in [0.3, 0.4) is 0 Å². The molecule has 1 saturated carbocycles. The summed E-state index contributed by atoms with van der Waals surface area (Å²) in [6, 6.07) is 24.3. The second-order valence-corrected chi connectivity index (χ2v) is 9.44. The van der Waals surface area contributed by atoms with Crippen LogP contribution in [0.4, 0.5) is 5.69 Å². The van der Waals surface area contributed by atoms with E-state index in [1.807, 2.05) is 48.6 Å². The van der Waals surface area contributed by atoms with Gasteiger partial charge in [0.1, 0.15) is 0 Å². The molecule has 2 amide bonds. The van der Waals surface area contributed by atoms with Gasteiger partial charge in [0, 0.05) is 11.8 Å². The number of hydrogen-bond acceptors (Lipinski definition) is 3. The van der Waals surface area contributed by atoms with Crippen molar-refractivity contribution in [2.45, 2.75) is 0 Å². The number of imide groups is 1. The number of rotatable bonds is 4. The third-order valence-corrected chi connectivity index (χ3v) is 7.60. The van der Waals surface area contributed by atoms with Crippen molar-refractivity contribution in [2.75, 3.05) is 4.90 Å². The third kappa shape index (κ3) is 3.19. The van der Waals surface area contributed by atoms with E-state index in [9.17, 15) is 19.5 Å². The molecular weight excluding hydrogens is 462 g/mol. The van der Waals surface area contributed by atoms with Gasteiger partial charge in [-0.05, 0) is 40.5 Å². The Bertz CT molecular complexity index is 1370. The van der Waals surface area contributed by atoms with Crippen LogP contribution in [0.5, 0.6) is 0 Å². The topological polar surface area (TPSA) is 74.7 Å². The second kappa shape index (κ2) is 8.07. The molecule has 0 aromatic heterocycles. The van der Waals surface area contributed by atoms with E-state index in [1.165, 1.54) is 18.2 Å². The highest BCUT2D eigenvalue weighted by molar-refractivity contribution is 6.34. The molecule has 172 valence electrons. The fraction of sp³-hybridized carbons (Fsp3) is 0.138. The quantitative estimate of drug-likeness (QED) is 0.396. The van der Waals surface area contributed by atoms with E-state index in [0.29, 0.717) is 0 Å². The molecule has 0 unspecified atom stereocenters. The van der Waals surface area contributed by atoms with Crippen LogP contribution in [0.1, 0.15) is 21.5 Å². The molecule has 3 aliphatic rings. The lowest BCUT2D eigenvalue weighted by Crippen LogP contribution is -2.33. The Morgan fingerprint density at radius 1 is 0.771 bits per heavy atom. The molecule has 2 fully saturated rings. The summed E-state index contributed by atoms with van der Waals surface area (Å²) in [6.45, 7) is 0. The fourth-order valence-corrected chi connectivity index (χ4v) is 6.08. The van der Waals surface area contributed by atoms with E-state index >= 15 is 0 Å². The van der Waals surface area contributed by atoms with Gasteiger partial charge in [0.2, 0.25) is 11.8 Å². The molecule has 1 heterocycles. The monoisotopic (exact) mass is 481 g/mol. The molecule has 1 aliphatic heterocycles. The highest BCUT2D eigenvalue weighted by atomic mass is 35.5. The Balaban J connectivity index is 1.46. The average Bonchev–Trinajstić information content (AvgIpc) is 3.50. The van der Waals surface area contributed by atoms with Gasteiger partial charge in [0.05, 0.1) is 28.1 Å².